The van der Waals surface area contributed by atoms with Gasteiger partial charge in [-0.2, -0.15) is 13.2 Å². The van der Waals surface area contributed by atoms with Gasteiger partial charge in [0.15, 0.2) is 4.32 Å². The number of ether oxygens (including phenoxy) is 1. The number of alkyl halides is 4. The van der Waals surface area contributed by atoms with Crippen LogP contribution in [0, 0.1) is 0 Å². The van der Waals surface area contributed by atoms with E-state index in [1.54, 1.807) is 0 Å². The second-order valence-electron chi connectivity index (χ2n) is 2.51. The summed E-state index contributed by atoms with van der Waals surface area (Å²) in [6.07, 6.45) is -5.31. The molecule has 1 aliphatic rings. The summed E-state index contributed by atoms with van der Waals surface area (Å²) < 4.78 is 37.9. The molecule has 1 saturated heterocycles. The van der Waals surface area contributed by atoms with Crippen LogP contribution in [0.25, 0.3) is 0 Å². The average Bonchev–Trinajstić information content (AvgIpc) is 2.30. The van der Waals surface area contributed by atoms with Crippen LogP contribution in [0.15, 0.2) is 0 Å². The number of halogens is 4. The SMILES string of the molecule is O=C1OCCC1(Br)C(=O)C(F)(F)F. The van der Waals surface area contributed by atoms with Gasteiger partial charge in [-0.1, -0.05) is 15.9 Å². The number of hydrogen-bond donors (Lipinski definition) is 0. The lowest BCUT2D eigenvalue weighted by Crippen LogP contribution is -2.45. The molecule has 1 rings (SSSR count). The zero-order valence-electron chi connectivity index (χ0n) is 6.15. The van der Waals surface area contributed by atoms with Crippen LogP contribution < -0.4 is 0 Å². The maximum Gasteiger partial charge on any atom is 0.452 e. The van der Waals surface area contributed by atoms with E-state index in [9.17, 15) is 22.8 Å². The zero-order valence-corrected chi connectivity index (χ0v) is 7.74. The maximum atomic E-state index is 11.9. The molecular weight excluding hydrogens is 257 g/mol. The van der Waals surface area contributed by atoms with Crippen molar-refractivity contribution in [3.8, 4) is 0 Å². The Hall–Kier alpha value is -0.590. The van der Waals surface area contributed by atoms with Crippen LogP contribution in [0.3, 0.4) is 0 Å². The fourth-order valence-electron chi connectivity index (χ4n) is 0.932. The van der Waals surface area contributed by atoms with Crippen LogP contribution in [-0.2, 0) is 14.3 Å². The minimum Gasteiger partial charge on any atom is -0.464 e. The largest absolute Gasteiger partial charge is 0.464 e. The molecule has 1 aliphatic heterocycles. The normalized spacial score (nSPS) is 28.8. The van der Waals surface area contributed by atoms with Crippen LogP contribution in [0.1, 0.15) is 6.42 Å². The van der Waals surface area contributed by atoms with E-state index in [-0.39, 0.29) is 13.0 Å². The molecule has 74 valence electrons. The molecule has 0 aliphatic carbocycles. The first kappa shape index (κ1) is 10.5. The Morgan fingerprint density at radius 2 is 2.08 bits per heavy atom. The minimum atomic E-state index is -5.02. The highest BCUT2D eigenvalue weighted by Gasteiger charge is 2.59. The Labute approximate surface area is 79.4 Å². The average molecular weight is 261 g/mol. The van der Waals surface area contributed by atoms with Crippen molar-refractivity contribution in [3.05, 3.63) is 0 Å². The molecule has 1 atom stereocenters. The third kappa shape index (κ3) is 1.70. The van der Waals surface area contributed by atoms with E-state index in [0.29, 0.717) is 0 Å². The quantitative estimate of drug-likeness (QED) is 0.404. The van der Waals surface area contributed by atoms with Gasteiger partial charge in [-0.3, -0.25) is 9.59 Å². The molecule has 0 aromatic heterocycles. The van der Waals surface area contributed by atoms with E-state index in [4.69, 9.17) is 0 Å². The summed E-state index contributed by atoms with van der Waals surface area (Å²) in [7, 11) is 0. The maximum absolute atomic E-state index is 11.9. The molecule has 3 nitrogen and oxygen atoms in total. The van der Waals surface area contributed by atoms with E-state index < -0.39 is 22.3 Å². The molecule has 1 unspecified atom stereocenters. The highest BCUT2D eigenvalue weighted by Crippen LogP contribution is 2.36. The van der Waals surface area contributed by atoms with Crippen LogP contribution in [-0.4, -0.2) is 28.9 Å². The first-order valence-corrected chi connectivity index (χ1v) is 4.05. The number of carbonyl (C=O) groups is 2. The lowest BCUT2D eigenvalue weighted by molar-refractivity contribution is -0.175. The molecule has 0 spiro atoms. The van der Waals surface area contributed by atoms with Crippen LogP contribution in [0.4, 0.5) is 13.2 Å². The van der Waals surface area contributed by atoms with Gasteiger partial charge < -0.3 is 4.74 Å². The summed E-state index contributed by atoms with van der Waals surface area (Å²) in [5.41, 5.74) is 0. The van der Waals surface area contributed by atoms with Crippen molar-refractivity contribution in [2.75, 3.05) is 6.61 Å². The van der Waals surface area contributed by atoms with Gasteiger partial charge in [-0.05, 0) is 0 Å². The number of esters is 1. The predicted octanol–water partition coefficient (Wildman–Crippen LogP) is 1.20. The van der Waals surface area contributed by atoms with Gasteiger partial charge in [0.2, 0.25) is 0 Å². The lowest BCUT2D eigenvalue weighted by atomic mass is 10.0. The summed E-state index contributed by atoms with van der Waals surface area (Å²) in [5, 5.41) is 0. The molecule has 7 heteroatoms. The van der Waals surface area contributed by atoms with Crippen molar-refractivity contribution in [2.24, 2.45) is 0 Å². The number of cyclic esters (lactones) is 1. The van der Waals surface area contributed by atoms with E-state index in [2.05, 4.69) is 20.7 Å². The Morgan fingerprint density at radius 3 is 2.38 bits per heavy atom. The molecular formula is C6H4BrF3O3. The van der Waals surface area contributed by atoms with Crippen molar-refractivity contribution in [1.29, 1.82) is 0 Å². The first-order chi connectivity index (χ1) is 5.78. The number of ketones is 1. The van der Waals surface area contributed by atoms with Crippen LogP contribution in [0.5, 0.6) is 0 Å². The minimum absolute atomic E-state index is 0.175. The van der Waals surface area contributed by atoms with Gasteiger partial charge in [0.25, 0.3) is 5.78 Å². The third-order valence-corrected chi connectivity index (χ3v) is 2.70. The monoisotopic (exact) mass is 260 g/mol. The second kappa shape index (κ2) is 2.97. The highest BCUT2D eigenvalue weighted by molar-refractivity contribution is 9.10. The number of carbonyl (C=O) groups excluding carboxylic acids is 2. The Bertz CT molecular complexity index is 262. The van der Waals surface area contributed by atoms with Gasteiger partial charge in [-0.25, -0.2) is 0 Å². The molecule has 13 heavy (non-hydrogen) atoms. The summed E-state index contributed by atoms with van der Waals surface area (Å²) in [6, 6.07) is 0. The molecule has 0 N–H and O–H groups in total. The van der Waals surface area contributed by atoms with E-state index in [1.807, 2.05) is 0 Å². The van der Waals surface area contributed by atoms with Gasteiger partial charge in [0.05, 0.1) is 6.61 Å². The number of rotatable bonds is 1. The van der Waals surface area contributed by atoms with E-state index in [0.717, 1.165) is 0 Å². The second-order valence-corrected chi connectivity index (χ2v) is 3.87. The molecule has 0 aromatic rings. The van der Waals surface area contributed by atoms with Crippen molar-refractivity contribution in [2.45, 2.75) is 16.9 Å². The summed E-state index contributed by atoms with van der Waals surface area (Å²) in [5.74, 6) is -3.28. The van der Waals surface area contributed by atoms with Crippen molar-refractivity contribution >= 4 is 27.7 Å². The summed E-state index contributed by atoms with van der Waals surface area (Å²) in [6.45, 7) is -0.175. The van der Waals surface area contributed by atoms with Crippen molar-refractivity contribution in [1.82, 2.24) is 0 Å². The van der Waals surface area contributed by atoms with Gasteiger partial charge >= 0.3 is 12.1 Å². The van der Waals surface area contributed by atoms with E-state index in [1.165, 1.54) is 0 Å². The van der Waals surface area contributed by atoms with E-state index >= 15 is 0 Å². The summed E-state index contributed by atoms with van der Waals surface area (Å²) >= 11 is 2.47. The Kier molecular flexibility index (Phi) is 2.40. The molecule has 0 aromatic carbocycles. The molecule has 0 amide bonds. The fraction of sp³-hybridized carbons (Fsp3) is 0.667. The molecule has 1 fully saturated rings. The van der Waals surface area contributed by atoms with Gasteiger partial charge in [-0.15, -0.1) is 0 Å². The van der Waals surface area contributed by atoms with Crippen molar-refractivity contribution in [3.63, 3.8) is 0 Å². The topological polar surface area (TPSA) is 43.4 Å². The third-order valence-electron chi connectivity index (χ3n) is 1.62. The predicted molar refractivity (Wildman–Crippen MR) is 38.3 cm³/mol. The highest BCUT2D eigenvalue weighted by atomic mass is 79.9. The van der Waals surface area contributed by atoms with Crippen LogP contribution in [0.2, 0.25) is 0 Å². The zero-order chi connectivity index (χ0) is 10.3. The smallest absolute Gasteiger partial charge is 0.452 e. The number of hydrogen-bond acceptors (Lipinski definition) is 3. The Balaban J connectivity index is 2.94. The standard InChI is InChI=1S/C6H4BrF3O3/c7-5(1-2-13-4(5)12)3(11)6(8,9)10/h1-2H2. The first-order valence-electron chi connectivity index (χ1n) is 3.26. The number of Topliss-reactive ketones (excluding diaryl/α,β-unsaturated/α-hetero) is 1. The summed E-state index contributed by atoms with van der Waals surface area (Å²) in [4.78, 5) is 21.5. The lowest BCUT2D eigenvalue weighted by Gasteiger charge is -2.16. The van der Waals surface area contributed by atoms with Crippen molar-refractivity contribution < 1.29 is 27.5 Å². The van der Waals surface area contributed by atoms with Gasteiger partial charge in [0, 0.05) is 6.42 Å². The molecule has 0 bridgehead atoms. The molecule has 0 saturated carbocycles. The van der Waals surface area contributed by atoms with Crippen LogP contribution >= 0.6 is 15.9 Å². The molecule has 0 radical (unpaired) electrons. The fourth-order valence-corrected chi connectivity index (χ4v) is 1.43. The Morgan fingerprint density at radius 1 is 1.54 bits per heavy atom. The molecule has 1 heterocycles. The van der Waals surface area contributed by atoms with Gasteiger partial charge in [0.1, 0.15) is 0 Å².